The zero-order valence-corrected chi connectivity index (χ0v) is 11.4. The van der Waals surface area contributed by atoms with Crippen LogP contribution < -0.4 is 0 Å². The summed E-state index contributed by atoms with van der Waals surface area (Å²) in [6, 6.07) is 0. The zero-order valence-electron chi connectivity index (χ0n) is 9.79. The zero-order chi connectivity index (χ0) is 13.6. The molecule has 18 heavy (non-hydrogen) atoms. The molecule has 8 heteroatoms. The van der Waals surface area contributed by atoms with E-state index in [0.29, 0.717) is 6.61 Å². The van der Waals surface area contributed by atoms with Gasteiger partial charge in [-0.25, -0.2) is 0 Å². The van der Waals surface area contributed by atoms with Crippen molar-refractivity contribution in [2.24, 2.45) is 0 Å². The van der Waals surface area contributed by atoms with Gasteiger partial charge < -0.3 is 9.47 Å². The van der Waals surface area contributed by atoms with Crippen molar-refractivity contribution in [1.82, 2.24) is 9.78 Å². The molecule has 0 aromatic carbocycles. The Morgan fingerprint density at radius 3 is 2.67 bits per heavy atom. The highest BCUT2D eigenvalue weighted by molar-refractivity contribution is 9.10. The molecule has 0 N–H and O–H groups in total. The van der Waals surface area contributed by atoms with Crippen LogP contribution in [0.15, 0.2) is 10.7 Å². The van der Waals surface area contributed by atoms with Crippen molar-refractivity contribution in [3.8, 4) is 0 Å². The second-order valence-electron chi connectivity index (χ2n) is 4.50. The molecule has 102 valence electrons. The number of aromatic nitrogens is 2. The van der Waals surface area contributed by atoms with Crippen molar-refractivity contribution in [2.45, 2.75) is 38.5 Å². The third-order valence-electron chi connectivity index (χ3n) is 2.44. The number of hydrogen-bond acceptors (Lipinski definition) is 3. The van der Waals surface area contributed by atoms with Gasteiger partial charge >= 0.3 is 6.18 Å². The van der Waals surface area contributed by atoms with E-state index in [1.165, 1.54) is 10.9 Å². The van der Waals surface area contributed by atoms with Crippen molar-refractivity contribution in [3.63, 3.8) is 0 Å². The maximum Gasteiger partial charge on any atom is 0.436 e. The first-order chi connectivity index (χ1) is 8.17. The summed E-state index contributed by atoms with van der Waals surface area (Å²) >= 11 is 2.85. The van der Waals surface area contributed by atoms with Crippen molar-refractivity contribution >= 4 is 15.9 Å². The van der Waals surface area contributed by atoms with Crippen molar-refractivity contribution in [1.29, 1.82) is 0 Å². The summed E-state index contributed by atoms with van der Waals surface area (Å²) < 4.78 is 49.6. The van der Waals surface area contributed by atoms with E-state index < -0.39 is 17.7 Å². The van der Waals surface area contributed by atoms with E-state index >= 15 is 0 Å². The molecule has 1 fully saturated rings. The van der Waals surface area contributed by atoms with Gasteiger partial charge in [0.05, 0.1) is 17.6 Å². The lowest BCUT2D eigenvalue weighted by Gasteiger charge is -2.16. The minimum Gasteiger partial charge on any atom is -0.348 e. The monoisotopic (exact) mass is 328 g/mol. The van der Waals surface area contributed by atoms with Crippen LogP contribution in [0.4, 0.5) is 13.2 Å². The number of rotatable bonds is 2. The Kier molecular flexibility index (Phi) is 3.46. The molecule has 0 spiro atoms. The summed E-state index contributed by atoms with van der Waals surface area (Å²) in [6.07, 6.45) is -3.47. The molecule has 1 atom stereocenters. The third kappa shape index (κ3) is 3.04. The molecular formula is C10H12BrF3N2O2. The van der Waals surface area contributed by atoms with Gasteiger partial charge in [-0.2, -0.15) is 18.3 Å². The molecule has 0 bridgehead atoms. The first-order valence-corrected chi connectivity index (χ1v) is 6.08. The average Bonchev–Trinajstić information content (AvgIpc) is 2.69. The second-order valence-corrected chi connectivity index (χ2v) is 5.35. The molecule has 2 rings (SSSR count). The van der Waals surface area contributed by atoms with Gasteiger partial charge in [-0.1, -0.05) is 0 Å². The molecule has 0 unspecified atom stereocenters. The van der Waals surface area contributed by atoms with Gasteiger partial charge in [0, 0.05) is 6.20 Å². The fourth-order valence-electron chi connectivity index (χ4n) is 1.74. The number of nitrogens with zero attached hydrogens (tertiary/aromatic N) is 2. The Morgan fingerprint density at radius 1 is 1.56 bits per heavy atom. The first-order valence-electron chi connectivity index (χ1n) is 5.29. The Morgan fingerprint density at radius 2 is 2.22 bits per heavy atom. The van der Waals surface area contributed by atoms with Gasteiger partial charge in [0.15, 0.2) is 11.5 Å². The summed E-state index contributed by atoms with van der Waals surface area (Å²) in [6.45, 7) is 4.07. The standard InChI is InChI=1S/C10H12BrF3N2O2/c1-9(2)17-5-6(18-9)3-16-4-7(11)8(15-16)10(12,13)14/h4,6H,3,5H2,1-2H3/t6-/m0/s1. The molecule has 0 aliphatic carbocycles. The van der Waals surface area contributed by atoms with Gasteiger partial charge in [0.25, 0.3) is 0 Å². The molecule has 1 aromatic rings. The van der Waals surface area contributed by atoms with Crippen LogP contribution in [-0.2, 0) is 22.2 Å². The van der Waals surface area contributed by atoms with Crippen molar-refractivity contribution in [2.75, 3.05) is 6.61 Å². The van der Waals surface area contributed by atoms with Crippen LogP contribution in [-0.4, -0.2) is 28.3 Å². The summed E-state index contributed by atoms with van der Waals surface area (Å²) in [4.78, 5) is 0. The molecule has 0 amide bonds. The molecule has 1 aliphatic rings. The maximum atomic E-state index is 12.5. The van der Waals surface area contributed by atoms with Gasteiger partial charge in [-0.05, 0) is 29.8 Å². The van der Waals surface area contributed by atoms with Gasteiger partial charge in [0.2, 0.25) is 0 Å². The number of ether oxygens (including phenoxy) is 2. The van der Waals surface area contributed by atoms with E-state index in [4.69, 9.17) is 9.47 Å². The van der Waals surface area contributed by atoms with E-state index in [1.807, 2.05) is 0 Å². The summed E-state index contributed by atoms with van der Waals surface area (Å²) in [5, 5.41) is 3.50. The minimum atomic E-state index is -4.46. The number of hydrogen-bond donors (Lipinski definition) is 0. The minimum absolute atomic E-state index is 0.0758. The van der Waals surface area contributed by atoms with Crippen LogP contribution in [0.25, 0.3) is 0 Å². The molecule has 1 aromatic heterocycles. The smallest absolute Gasteiger partial charge is 0.348 e. The first kappa shape index (κ1) is 13.8. The normalized spacial score (nSPS) is 23.6. The number of halogens is 4. The fraction of sp³-hybridized carbons (Fsp3) is 0.700. The van der Waals surface area contributed by atoms with E-state index in [2.05, 4.69) is 21.0 Å². The Labute approximate surface area is 110 Å². The molecule has 1 aliphatic heterocycles. The predicted octanol–water partition coefficient (Wildman–Crippen LogP) is 2.82. The topological polar surface area (TPSA) is 36.3 Å². The van der Waals surface area contributed by atoms with Gasteiger partial charge in [-0.15, -0.1) is 0 Å². The van der Waals surface area contributed by atoms with Crippen LogP contribution in [0.3, 0.4) is 0 Å². The number of alkyl halides is 3. The van der Waals surface area contributed by atoms with Crippen LogP contribution in [0.1, 0.15) is 19.5 Å². The fourth-order valence-corrected chi connectivity index (χ4v) is 2.28. The Balaban J connectivity index is 2.08. The molecule has 4 nitrogen and oxygen atoms in total. The molecule has 0 saturated carbocycles. The predicted molar refractivity (Wildman–Crippen MR) is 59.8 cm³/mol. The molecule has 1 saturated heterocycles. The van der Waals surface area contributed by atoms with Crippen LogP contribution in [0.2, 0.25) is 0 Å². The Hall–Kier alpha value is -0.600. The maximum absolute atomic E-state index is 12.5. The highest BCUT2D eigenvalue weighted by atomic mass is 79.9. The van der Waals surface area contributed by atoms with Crippen LogP contribution >= 0.6 is 15.9 Å². The van der Waals surface area contributed by atoms with Gasteiger partial charge in [-0.3, -0.25) is 4.68 Å². The van der Waals surface area contributed by atoms with Crippen LogP contribution in [0.5, 0.6) is 0 Å². The van der Waals surface area contributed by atoms with Crippen LogP contribution in [0, 0.1) is 0 Å². The van der Waals surface area contributed by atoms with E-state index in [0.717, 1.165) is 0 Å². The quantitative estimate of drug-likeness (QED) is 0.837. The average molecular weight is 329 g/mol. The summed E-state index contributed by atoms with van der Waals surface area (Å²) in [7, 11) is 0. The second kappa shape index (κ2) is 4.50. The molecular weight excluding hydrogens is 317 g/mol. The lowest BCUT2D eigenvalue weighted by atomic mass is 10.4. The van der Waals surface area contributed by atoms with Crippen molar-refractivity contribution in [3.05, 3.63) is 16.4 Å². The SMILES string of the molecule is CC1(C)OC[C@H](Cn2cc(Br)c(C(F)(F)F)n2)O1. The summed E-state index contributed by atoms with van der Waals surface area (Å²) in [5.74, 6) is -0.693. The van der Waals surface area contributed by atoms with E-state index in [1.54, 1.807) is 13.8 Å². The Bertz CT molecular complexity index is 445. The lowest BCUT2D eigenvalue weighted by Crippen LogP contribution is -2.24. The lowest BCUT2D eigenvalue weighted by molar-refractivity contribution is -0.144. The third-order valence-corrected chi connectivity index (χ3v) is 3.02. The van der Waals surface area contributed by atoms with E-state index in [9.17, 15) is 13.2 Å². The highest BCUT2D eigenvalue weighted by Crippen LogP contribution is 2.33. The molecule has 2 heterocycles. The molecule has 0 radical (unpaired) electrons. The van der Waals surface area contributed by atoms with E-state index in [-0.39, 0.29) is 17.1 Å². The highest BCUT2D eigenvalue weighted by Gasteiger charge is 2.38. The summed E-state index contributed by atoms with van der Waals surface area (Å²) in [5.41, 5.74) is -0.930. The largest absolute Gasteiger partial charge is 0.436 e. The van der Waals surface area contributed by atoms with Crippen molar-refractivity contribution < 1.29 is 22.6 Å². The van der Waals surface area contributed by atoms with Gasteiger partial charge in [0.1, 0.15) is 6.10 Å².